The summed E-state index contributed by atoms with van der Waals surface area (Å²) in [7, 11) is 0. The third-order valence-corrected chi connectivity index (χ3v) is 8.29. The van der Waals surface area contributed by atoms with Gasteiger partial charge in [0.05, 0.1) is 5.56 Å². The highest BCUT2D eigenvalue weighted by Gasteiger charge is 2.52. The normalized spacial score (nSPS) is 17.8. The molecule has 6 rings (SSSR count). The minimum absolute atomic E-state index is 0.308. The quantitative estimate of drug-likeness (QED) is 0.255. The summed E-state index contributed by atoms with van der Waals surface area (Å²) in [6.45, 7) is 11.3. The lowest BCUT2D eigenvalue weighted by molar-refractivity contribution is 0.0253. The van der Waals surface area contributed by atoms with E-state index in [1.165, 1.54) is 0 Å². The lowest BCUT2D eigenvalue weighted by atomic mass is 9.76. The molecule has 202 valence electrons. The first-order valence-corrected chi connectivity index (χ1v) is 14.2. The van der Waals surface area contributed by atoms with Gasteiger partial charge in [0.15, 0.2) is 5.60 Å². The number of carbonyl (C=O) groups excluding carboxylic acids is 1. The average molecular weight is 530 g/mol. The minimum atomic E-state index is -1.13. The van der Waals surface area contributed by atoms with E-state index in [-0.39, 0.29) is 5.97 Å². The summed E-state index contributed by atoms with van der Waals surface area (Å²) in [4.78, 5) is 16.1. The molecule has 0 saturated carbocycles. The number of aryl methyl sites for hydroxylation is 1. The van der Waals surface area contributed by atoms with Crippen LogP contribution >= 0.6 is 0 Å². The average Bonchev–Trinajstić information content (AvgIpc) is 3.27. The molecular weight excluding hydrogens is 494 g/mol. The van der Waals surface area contributed by atoms with Gasteiger partial charge in [-0.3, -0.25) is 0 Å². The van der Waals surface area contributed by atoms with Crippen molar-refractivity contribution in [3.8, 4) is 0 Å². The molecule has 3 heterocycles. The molecule has 40 heavy (non-hydrogen) atoms. The number of anilines is 1. The summed E-state index contributed by atoms with van der Waals surface area (Å²) in [6.07, 6.45) is 9.93. The SMILES string of the molecule is CCN(CC)c1ccc(C2(c3c(C)n(CC)c4ccccc34)OC(=O)c3cccc(C4=CC=CC=CN4)c32)cc1. The maximum absolute atomic E-state index is 13.8. The van der Waals surface area contributed by atoms with Gasteiger partial charge in [-0.15, -0.1) is 0 Å². The molecule has 0 amide bonds. The zero-order valence-electron chi connectivity index (χ0n) is 23.6. The number of esters is 1. The minimum Gasteiger partial charge on any atom is -0.440 e. The number of allylic oxidation sites excluding steroid dienone is 4. The van der Waals surface area contributed by atoms with E-state index in [0.29, 0.717) is 5.56 Å². The predicted molar refractivity (Wildman–Crippen MR) is 163 cm³/mol. The fraction of sp³-hybridized carbons (Fsp3) is 0.229. The number of fused-ring (bicyclic) bond motifs is 2. The van der Waals surface area contributed by atoms with E-state index in [1.54, 1.807) is 0 Å². The number of nitrogens with one attached hydrogen (secondary N) is 1. The van der Waals surface area contributed by atoms with E-state index < -0.39 is 5.60 Å². The molecular formula is C35H35N3O2. The van der Waals surface area contributed by atoms with E-state index in [2.05, 4.69) is 103 Å². The molecule has 5 nitrogen and oxygen atoms in total. The summed E-state index contributed by atoms with van der Waals surface area (Å²) in [5, 5.41) is 4.52. The molecule has 2 aliphatic heterocycles. The van der Waals surface area contributed by atoms with Crippen LogP contribution in [-0.2, 0) is 16.9 Å². The maximum atomic E-state index is 13.8. The Bertz CT molecular complexity index is 1690. The van der Waals surface area contributed by atoms with Gasteiger partial charge < -0.3 is 19.5 Å². The molecule has 0 bridgehead atoms. The highest BCUT2D eigenvalue weighted by molar-refractivity contribution is 6.00. The van der Waals surface area contributed by atoms with Crippen molar-refractivity contribution < 1.29 is 9.53 Å². The smallest absolute Gasteiger partial charge is 0.340 e. The van der Waals surface area contributed by atoms with Gasteiger partial charge in [-0.05, 0) is 64.1 Å². The Hall–Kier alpha value is -4.51. The topological polar surface area (TPSA) is 46.5 Å². The van der Waals surface area contributed by atoms with E-state index in [4.69, 9.17) is 4.74 Å². The van der Waals surface area contributed by atoms with Crippen LogP contribution in [0.4, 0.5) is 5.69 Å². The van der Waals surface area contributed by atoms with Crippen molar-refractivity contribution in [2.75, 3.05) is 18.0 Å². The first-order valence-electron chi connectivity index (χ1n) is 14.2. The maximum Gasteiger partial charge on any atom is 0.340 e. The molecule has 5 heteroatoms. The highest BCUT2D eigenvalue weighted by Crippen LogP contribution is 2.53. The van der Waals surface area contributed by atoms with Crippen LogP contribution in [-0.4, -0.2) is 23.6 Å². The molecule has 1 N–H and O–H groups in total. The monoisotopic (exact) mass is 529 g/mol. The second kappa shape index (κ2) is 10.2. The second-order valence-corrected chi connectivity index (χ2v) is 10.2. The number of nitrogens with zero attached hydrogens (tertiary/aromatic N) is 2. The number of para-hydroxylation sites is 1. The summed E-state index contributed by atoms with van der Waals surface area (Å²) < 4.78 is 9.02. The zero-order chi connectivity index (χ0) is 27.9. The molecule has 1 atom stereocenters. The first kappa shape index (κ1) is 25.8. The molecule has 2 aliphatic rings. The molecule has 0 spiro atoms. The number of carbonyl (C=O) groups is 1. The van der Waals surface area contributed by atoms with E-state index >= 15 is 0 Å². The number of hydrogen-bond donors (Lipinski definition) is 1. The Kier molecular flexibility index (Phi) is 6.59. The first-order chi connectivity index (χ1) is 19.5. The fourth-order valence-corrected chi connectivity index (χ4v) is 6.50. The molecule has 0 saturated heterocycles. The van der Waals surface area contributed by atoms with Gasteiger partial charge in [0.2, 0.25) is 0 Å². The van der Waals surface area contributed by atoms with Gasteiger partial charge in [-0.2, -0.15) is 0 Å². The number of benzene rings is 3. The number of rotatable bonds is 7. The van der Waals surface area contributed by atoms with Crippen LogP contribution in [0.3, 0.4) is 0 Å². The molecule has 4 aromatic rings. The van der Waals surface area contributed by atoms with Gasteiger partial charge >= 0.3 is 5.97 Å². The van der Waals surface area contributed by atoms with Crippen molar-refractivity contribution in [1.82, 2.24) is 9.88 Å². The van der Waals surface area contributed by atoms with Gasteiger partial charge in [-0.1, -0.05) is 54.6 Å². The second-order valence-electron chi connectivity index (χ2n) is 10.2. The van der Waals surface area contributed by atoms with E-state index in [9.17, 15) is 4.79 Å². The van der Waals surface area contributed by atoms with Crippen LogP contribution < -0.4 is 10.2 Å². The Morgan fingerprint density at radius 1 is 0.850 bits per heavy atom. The Balaban J connectivity index is 1.72. The number of hydrogen-bond acceptors (Lipinski definition) is 4. The van der Waals surface area contributed by atoms with Crippen molar-refractivity contribution in [3.63, 3.8) is 0 Å². The van der Waals surface area contributed by atoms with Crippen LogP contribution in [0, 0.1) is 6.92 Å². The summed E-state index contributed by atoms with van der Waals surface area (Å²) >= 11 is 0. The van der Waals surface area contributed by atoms with Crippen molar-refractivity contribution in [2.45, 2.75) is 39.8 Å². The third-order valence-electron chi connectivity index (χ3n) is 8.29. The molecule has 1 aromatic heterocycles. The highest BCUT2D eigenvalue weighted by atomic mass is 16.6. The van der Waals surface area contributed by atoms with E-state index in [0.717, 1.165) is 69.9 Å². The van der Waals surface area contributed by atoms with E-state index in [1.807, 2.05) is 36.6 Å². The summed E-state index contributed by atoms with van der Waals surface area (Å²) in [5.74, 6) is -0.308. The van der Waals surface area contributed by atoms with Crippen molar-refractivity contribution in [2.24, 2.45) is 0 Å². The Morgan fingerprint density at radius 2 is 1.60 bits per heavy atom. The lowest BCUT2D eigenvalue weighted by Crippen LogP contribution is -2.32. The summed E-state index contributed by atoms with van der Waals surface area (Å²) in [5.41, 5.74) is 7.53. The van der Waals surface area contributed by atoms with Crippen LogP contribution in [0.15, 0.2) is 97.2 Å². The fourth-order valence-electron chi connectivity index (χ4n) is 6.50. The van der Waals surface area contributed by atoms with Gasteiger partial charge in [-0.25, -0.2) is 4.79 Å². The molecule has 0 radical (unpaired) electrons. The van der Waals surface area contributed by atoms with Crippen molar-refractivity contribution in [1.29, 1.82) is 0 Å². The van der Waals surface area contributed by atoms with Crippen LogP contribution in [0.2, 0.25) is 0 Å². The lowest BCUT2D eigenvalue weighted by Gasteiger charge is -2.33. The van der Waals surface area contributed by atoms with Crippen LogP contribution in [0.25, 0.3) is 16.6 Å². The molecule has 0 fully saturated rings. The number of cyclic esters (lactones) is 1. The third kappa shape index (κ3) is 3.80. The molecule has 3 aromatic carbocycles. The standard InChI is InChI=1S/C35H35N3O2/c1-5-37(6-2)26-21-19-25(20-22-26)35(32-24(4)38(7-3)31-18-11-10-14-28(31)32)33-27(30-17-9-8-12-23-36-30)15-13-16-29(33)34(39)40-35/h8-23,36H,5-7H2,1-4H3. The van der Waals surface area contributed by atoms with Crippen molar-refractivity contribution in [3.05, 3.63) is 131 Å². The number of ether oxygens (including phenoxy) is 1. The van der Waals surface area contributed by atoms with Crippen LogP contribution in [0.5, 0.6) is 0 Å². The summed E-state index contributed by atoms with van der Waals surface area (Å²) in [6, 6.07) is 22.9. The van der Waals surface area contributed by atoms with Crippen molar-refractivity contribution >= 4 is 28.3 Å². The van der Waals surface area contributed by atoms with Gasteiger partial charge in [0.25, 0.3) is 0 Å². The Morgan fingerprint density at radius 3 is 2.35 bits per heavy atom. The van der Waals surface area contributed by atoms with Gasteiger partial charge in [0.1, 0.15) is 0 Å². The number of aromatic nitrogens is 1. The van der Waals surface area contributed by atoms with Crippen LogP contribution in [0.1, 0.15) is 59.1 Å². The zero-order valence-corrected chi connectivity index (χ0v) is 23.6. The predicted octanol–water partition coefficient (Wildman–Crippen LogP) is 7.29. The largest absolute Gasteiger partial charge is 0.440 e. The van der Waals surface area contributed by atoms with Gasteiger partial charge in [0, 0.05) is 76.1 Å². The molecule has 1 unspecified atom stereocenters. The Labute approximate surface area is 236 Å². The molecule has 0 aliphatic carbocycles.